The van der Waals surface area contributed by atoms with Gasteiger partial charge in [0.2, 0.25) is 0 Å². The minimum atomic E-state index is -3.72. The number of nitrogens with one attached hydrogen (secondary N) is 2. The quantitative estimate of drug-likeness (QED) is 0.876. The Bertz CT molecular complexity index is 693. The lowest BCUT2D eigenvalue weighted by Crippen LogP contribution is -2.18. The van der Waals surface area contributed by atoms with Gasteiger partial charge in [0.25, 0.3) is 10.0 Å². The van der Waals surface area contributed by atoms with E-state index in [1.54, 1.807) is 30.1 Å². The number of sulfonamides is 1. The molecule has 0 atom stereocenters. The van der Waals surface area contributed by atoms with Crippen LogP contribution in [0, 0.1) is 0 Å². The SMILES string of the molecule is CNc1ccncc1S(=O)(=O)Nc1ccnn1C(C)C. The molecule has 0 saturated carbocycles. The maximum Gasteiger partial charge on any atom is 0.266 e. The third-order valence-corrected chi connectivity index (χ3v) is 4.12. The fraction of sp³-hybridized carbons (Fsp3) is 0.333. The van der Waals surface area contributed by atoms with Crippen molar-refractivity contribution in [3.05, 3.63) is 30.7 Å². The number of hydrogen-bond donors (Lipinski definition) is 2. The van der Waals surface area contributed by atoms with Crippen molar-refractivity contribution in [3.63, 3.8) is 0 Å². The lowest BCUT2D eigenvalue weighted by molar-refractivity contribution is 0.539. The predicted octanol–water partition coefficient (Wildman–Crippen LogP) is 1.70. The molecule has 0 radical (unpaired) electrons. The van der Waals surface area contributed by atoms with E-state index in [-0.39, 0.29) is 10.9 Å². The summed E-state index contributed by atoms with van der Waals surface area (Å²) in [5.74, 6) is 0.422. The van der Waals surface area contributed by atoms with Gasteiger partial charge in [0.05, 0.1) is 11.9 Å². The van der Waals surface area contributed by atoms with E-state index in [2.05, 4.69) is 20.1 Å². The fourth-order valence-corrected chi connectivity index (χ4v) is 3.01. The molecule has 0 aromatic carbocycles. The van der Waals surface area contributed by atoms with Crippen LogP contribution in [-0.4, -0.2) is 30.2 Å². The first-order valence-electron chi connectivity index (χ1n) is 6.14. The van der Waals surface area contributed by atoms with Crippen LogP contribution >= 0.6 is 0 Å². The van der Waals surface area contributed by atoms with Crippen molar-refractivity contribution in [1.82, 2.24) is 14.8 Å². The lowest BCUT2D eigenvalue weighted by atomic mass is 10.4. The Morgan fingerprint density at radius 2 is 2.00 bits per heavy atom. The molecule has 2 aromatic heterocycles. The topological polar surface area (TPSA) is 88.9 Å². The van der Waals surface area contributed by atoms with Gasteiger partial charge in [-0.25, -0.2) is 13.1 Å². The van der Waals surface area contributed by atoms with Crippen LogP contribution < -0.4 is 10.0 Å². The van der Waals surface area contributed by atoms with Crippen molar-refractivity contribution >= 4 is 21.5 Å². The summed E-state index contributed by atoms with van der Waals surface area (Å²) in [5.41, 5.74) is 0.489. The Morgan fingerprint density at radius 1 is 1.25 bits per heavy atom. The highest BCUT2D eigenvalue weighted by molar-refractivity contribution is 7.92. The van der Waals surface area contributed by atoms with Crippen LogP contribution in [0.2, 0.25) is 0 Å². The first-order valence-corrected chi connectivity index (χ1v) is 7.62. The molecular weight excluding hydrogens is 278 g/mol. The summed E-state index contributed by atoms with van der Waals surface area (Å²) >= 11 is 0. The minimum Gasteiger partial charge on any atom is -0.387 e. The normalized spacial score (nSPS) is 11.6. The third-order valence-electron chi connectivity index (χ3n) is 2.74. The monoisotopic (exact) mass is 295 g/mol. The Labute approximate surface area is 118 Å². The van der Waals surface area contributed by atoms with Crippen LogP contribution in [0.3, 0.4) is 0 Å². The number of hydrogen-bond acceptors (Lipinski definition) is 5. The second-order valence-electron chi connectivity index (χ2n) is 4.48. The van der Waals surface area contributed by atoms with Crippen molar-refractivity contribution < 1.29 is 8.42 Å². The number of nitrogens with zero attached hydrogens (tertiary/aromatic N) is 3. The molecule has 0 spiro atoms. The van der Waals surface area contributed by atoms with Gasteiger partial charge in [0.1, 0.15) is 10.7 Å². The first kappa shape index (κ1) is 14.3. The van der Waals surface area contributed by atoms with Gasteiger partial charge in [0.15, 0.2) is 0 Å². The molecule has 0 aliphatic carbocycles. The van der Waals surface area contributed by atoms with Crippen LogP contribution in [0.25, 0.3) is 0 Å². The smallest absolute Gasteiger partial charge is 0.266 e. The molecule has 2 aromatic rings. The van der Waals surface area contributed by atoms with E-state index in [4.69, 9.17) is 0 Å². The van der Waals surface area contributed by atoms with Crippen LogP contribution in [0.1, 0.15) is 19.9 Å². The van der Waals surface area contributed by atoms with Gasteiger partial charge in [-0.05, 0) is 19.9 Å². The van der Waals surface area contributed by atoms with Crippen LogP contribution in [0.5, 0.6) is 0 Å². The van der Waals surface area contributed by atoms with Gasteiger partial charge in [0, 0.05) is 31.5 Å². The van der Waals surface area contributed by atoms with Gasteiger partial charge in [-0.1, -0.05) is 0 Å². The van der Waals surface area contributed by atoms with E-state index < -0.39 is 10.0 Å². The van der Waals surface area contributed by atoms with E-state index in [0.29, 0.717) is 11.5 Å². The maximum atomic E-state index is 12.4. The molecule has 2 N–H and O–H groups in total. The largest absolute Gasteiger partial charge is 0.387 e. The summed E-state index contributed by atoms with van der Waals surface area (Å²) in [6, 6.07) is 3.28. The van der Waals surface area contributed by atoms with Crippen LogP contribution in [-0.2, 0) is 10.0 Å². The molecule has 0 saturated heterocycles. The molecule has 8 heteroatoms. The number of rotatable bonds is 5. The maximum absolute atomic E-state index is 12.4. The Balaban J connectivity index is 2.39. The summed E-state index contributed by atoms with van der Waals surface area (Å²) in [6.45, 7) is 3.85. The molecule has 0 bridgehead atoms. The van der Waals surface area contributed by atoms with Gasteiger partial charge in [-0.15, -0.1) is 0 Å². The average molecular weight is 295 g/mol. The zero-order valence-corrected chi connectivity index (χ0v) is 12.3. The molecule has 108 valence electrons. The summed E-state index contributed by atoms with van der Waals surface area (Å²) < 4.78 is 29.0. The van der Waals surface area contributed by atoms with Crippen LogP contribution in [0.4, 0.5) is 11.5 Å². The van der Waals surface area contributed by atoms with Gasteiger partial charge < -0.3 is 5.32 Å². The molecule has 0 unspecified atom stereocenters. The standard InChI is InChI=1S/C12H17N5O2S/c1-9(2)17-12(5-7-15-17)16-20(18,19)11-8-14-6-4-10(11)13-3/h4-9,16H,1-3H3,(H,13,14). The van der Waals surface area contributed by atoms with Crippen molar-refractivity contribution in [2.45, 2.75) is 24.8 Å². The second kappa shape index (κ2) is 5.49. The van der Waals surface area contributed by atoms with Crippen molar-refractivity contribution in [2.24, 2.45) is 0 Å². The fourth-order valence-electron chi connectivity index (χ4n) is 1.80. The predicted molar refractivity (Wildman–Crippen MR) is 77.2 cm³/mol. The second-order valence-corrected chi connectivity index (χ2v) is 6.13. The Kier molecular flexibility index (Phi) is 3.93. The highest BCUT2D eigenvalue weighted by atomic mass is 32.2. The first-order chi connectivity index (χ1) is 9.45. The molecule has 0 aliphatic heterocycles. The van der Waals surface area contributed by atoms with Crippen molar-refractivity contribution in [3.8, 4) is 0 Å². The Hall–Kier alpha value is -2.09. The molecular formula is C12H17N5O2S. The highest BCUT2D eigenvalue weighted by Crippen LogP contribution is 2.23. The van der Waals surface area contributed by atoms with E-state index in [9.17, 15) is 8.42 Å². The highest BCUT2D eigenvalue weighted by Gasteiger charge is 2.20. The molecule has 0 amide bonds. The zero-order valence-electron chi connectivity index (χ0n) is 11.5. The molecule has 7 nitrogen and oxygen atoms in total. The lowest BCUT2D eigenvalue weighted by Gasteiger charge is -2.14. The molecule has 0 aliphatic rings. The molecule has 20 heavy (non-hydrogen) atoms. The Morgan fingerprint density at radius 3 is 2.65 bits per heavy atom. The summed E-state index contributed by atoms with van der Waals surface area (Å²) in [7, 11) is -2.06. The minimum absolute atomic E-state index is 0.0559. The third kappa shape index (κ3) is 2.74. The number of aromatic nitrogens is 3. The van der Waals surface area contributed by atoms with Gasteiger partial charge in [-0.2, -0.15) is 5.10 Å². The van der Waals surface area contributed by atoms with Gasteiger partial charge in [-0.3, -0.25) is 9.71 Å². The average Bonchev–Trinajstić information content (AvgIpc) is 2.86. The van der Waals surface area contributed by atoms with Gasteiger partial charge >= 0.3 is 0 Å². The zero-order chi connectivity index (χ0) is 14.8. The molecule has 2 rings (SSSR count). The summed E-state index contributed by atoms with van der Waals surface area (Å²) in [5, 5.41) is 6.93. The van der Waals surface area contributed by atoms with Crippen molar-refractivity contribution in [1.29, 1.82) is 0 Å². The number of pyridine rings is 1. The molecule has 0 fully saturated rings. The molecule has 2 heterocycles. The summed E-state index contributed by atoms with van der Waals surface area (Å²) in [4.78, 5) is 3.96. The van der Waals surface area contributed by atoms with E-state index in [1.807, 2.05) is 13.8 Å². The number of anilines is 2. The summed E-state index contributed by atoms with van der Waals surface area (Å²) in [6.07, 6.45) is 4.40. The van der Waals surface area contributed by atoms with E-state index in [1.165, 1.54) is 12.4 Å². The van der Waals surface area contributed by atoms with E-state index in [0.717, 1.165) is 0 Å². The van der Waals surface area contributed by atoms with Crippen LogP contribution in [0.15, 0.2) is 35.6 Å². The van der Waals surface area contributed by atoms with Crippen molar-refractivity contribution in [2.75, 3.05) is 17.1 Å². The van der Waals surface area contributed by atoms with E-state index >= 15 is 0 Å².